The maximum atomic E-state index is 11.1. The van der Waals surface area contributed by atoms with Gasteiger partial charge >= 0.3 is 5.97 Å². The summed E-state index contributed by atoms with van der Waals surface area (Å²) in [5.41, 5.74) is 0.680. The number of esters is 1. The van der Waals surface area contributed by atoms with Crippen LogP contribution >= 0.6 is 22.6 Å². The topological polar surface area (TPSA) is 26.3 Å². The Kier molecular flexibility index (Phi) is 6.94. The monoisotopic (exact) mass is 294 g/mol. The fraction of sp³-hybridized carbons (Fsp3) is 0.500. The summed E-state index contributed by atoms with van der Waals surface area (Å²) in [6, 6.07) is 0. The molecule has 0 fully saturated rings. The van der Waals surface area contributed by atoms with Gasteiger partial charge in [-0.3, -0.25) is 0 Å². The SMILES string of the molecule is C=C(I)CC/C=C(/C)C(=O)OCC. The van der Waals surface area contributed by atoms with E-state index < -0.39 is 0 Å². The highest BCUT2D eigenvalue weighted by Gasteiger charge is 2.02. The molecule has 0 N–H and O–H groups in total. The molecule has 0 rings (SSSR count). The predicted octanol–water partition coefficient (Wildman–Crippen LogP) is 3.22. The molecule has 0 heterocycles. The average molecular weight is 294 g/mol. The molecule has 0 saturated heterocycles. The Labute approximate surface area is 93.2 Å². The number of rotatable bonds is 5. The Morgan fingerprint density at radius 3 is 2.69 bits per heavy atom. The third-order valence-corrected chi connectivity index (χ3v) is 2.00. The van der Waals surface area contributed by atoms with Gasteiger partial charge in [-0.2, -0.15) is 0 Å². The van der Waals surface area contributed by atoms with Crippen LogP contribution in [0.1, 0.15) is 26.7 Å². The van der Waals surface area contributed by atoms with Crippen molar-refractivity contribution in [2.75, 3.05) is 6.61 Å². The molecule has 74 valence electrons. The maximum absolute atomic E-state index is 11.1. The molecule has 0 radical (unpaired) electrons. The molecular formula is C10H15IO2. The number of halogens is 1. The van der Waals surface area contributed by atoms with E-state index in [-0.39, 0.29) is 5.97 Å². The van der Waals surface area contributed by atoms with Gasteiger partial charge in [-0.25, -0.2) is 4.79 Å². The average Bonchev–Trinajstić information content (AvgIpc) is 2.04. The molecule has 0 amide bonds. The first kappa shape index (κ1) is 12.7. The first-order valence-electron chi connectivity index (χ1n) is 4.25. The van der Waals surface area contributed by atoms with Crippen molar-refractivity contribution in [1.29, 1.82) is 0 Å². The lowest BCUT2D eigenvalue weighted by molar-refractivity contribution is -0.138. The normalized spacial score (nSPS) is 11.2. The van der Waals surface area contributed by atoms with Crippen molar-refractivity contribution >= 4 is 28.6 Å². The summed E-state index contributed by atoms with van der Waals surface area (Å²) in [6.07, 6.45) is 3.66. The summed E-state index contributed by atoms with van der Waals surface area (Å²) in [6.45, 7) is 7.78. The lowest BCUT2D eigenvalue weighted by Gasteiger charge is -2.00. The fourth-order valence-corrected chi connectivity index (χ4v) is 1.08. The van der Waals surface area contributed by atoms with Crippen molar-refractivity contribution in [2.24, 2.45) is 0 Å². The molecule has 0 atom stereocenters. The van der Waals surface area contributed by atoms with Gasteiger partial charge in [0.15, 0.2) is 0 Å². The molecule has 0 aliphatic carbocycles. The number of allylic oxidation sites excluding steroid dienone is 2. The van der Waals surface area contributed by atoms with E-state index in [9.17, 15) is 4.79 Å². The van der Waals surface area contributed by atoms with Crippen LogP contribution in [0.3, 0.4) is 0 Å². The van der Waals surface area contributed by atoms with Crippen LogP contribution in [0.4, 0.5) is 0 Å². The summed E-state index contributed by atoms with van der Waals surface area (Å²) in [5.74, 6) is -0.221. The molecule has 0 aromatic rings. The van der Waals surface area contributed by atoms with Crippen LogP contribution in [-0.4, -0.2) is 12.6 Å². The molecule has 3 heteroatoms. The number of carbonyl (C=O) groups excluding carboxylic acids is 1. The molecule has 13 heavy (non-hydrogen) atoms. The standard InChI is InChI=1S/C10H15IO2/c1-4-13-10(12)8(2)6-5-7-9(3)11/h6H,3-5,7H2,1-2H3/b8-6-. The lowest BCUT2D eigenvalue weighted by Crippen LogP contribution is -2.04. The Balaban J connectivity index is 3.87. The minimum atomic E-state index is -0.221. The highest BCUT2D eigenvalue weighted by molar-refractivity contribution is 14.1. The minimum absolute atomic E-state index is 0.221. The summed E-state index contributed by atoms with van der Waals surface area (Å²) >= 11 is 2.18. The van der Waals surface area contributed by atoms with Gasteiger partial charge in [0.1, 0.15) is 0 Å². The minimum Gasteiger partial charge on any atom is -0.463 e. The largest absolute Gasteiger partial charge is 0.463 e. The quantitative estimate of drug-likeness (QED) is 0.442. The summed E-state index contributed by atoms with van der Waals surface area (Å²) in [5, 5.41) is 0. The van der Waals surface area contributed by atoms with E-state index in [1.165, 1.54) is 0 Å². The Hall–Kier alpha value is -0.320. The third kappa shape index (κ3) is 6.81. The van der Waals surface area contributed by atoms with Crippen LogP contribution in [0.25, 0.3) is 0 Å². The molecule has 0 bridgehead atoms. The van der Waals surface area contributed by atoms with E-state index in [2.05, 4.69) is 29.2 Å². The lowest BCUT2D eigenvalue weighted by atomic mass is 10.2. The van der Waals surface area contributed by atoms with Gasteiger partial charge in [0.25, 0.3) is 0 Å². The van der Waals surface area contributed by atoms with E-state index in [0.29, 0.717) is 12.2 Å². The van der Waals surface area contributed by atoms with E-state index in [1.807, 2.05) is 6.08 Å². The van der Waals surface area contributed by atoms with Crippen molar-refractivity contribution in [1.82, 2.24) is 0 Å². The smallest absolute Gasteiger partial charge is 0.333 e. The zero-order valence-electron chi connectivity index (χ0n) is 8.10. The third-order valence-electron chi connectivity index (χ3n) is 1.46. The van der Waals surface area contributed by atoms with E-state index in [4.69, 9.17) is 4.74 Å². The van der Waals surface area contributed by atoms with Crippen molar-refractivity contribution in [3.05, 3.63) is 21.8 Å². The maximum Gasteiger partial charge on any atom is 0.333 e. The Morgan fingerprint density at radius 2 is 2.23 bits per heavy atom. The first-order valence-corrected chi connectivity index (χ1v) is 5.33. The fourth-order valence-electron chi connectivity index (χ4n) is 0.774. The van der Waals surface area contributed by atoms with Crippen molar-refractivity contribution in [2.45, 2.75) is 26.7 Å². The van der Waals surface area contributed by atoms with Crippen LogP contribution in [0.2, 0.25) is 0 Å². The van der Waals surface area contributed by atoms with Crippen molar-refractivity contribution in [3.63, 3.8) is 0 Å². The second-order valence-corrected chi connectivity index (χ2v) is 4.19. The number of carbonyl (C=O) groups is 1. The van der Waals surface area contributed by atoms with Crippen LogP contribution in [0.5, 0.6) is 0 Å². The second kappa shape index (κ2) is 7.12. The number of hydrogen-bond acceptors (Lipinski definition) is 2. The van der Waals surface area contributed by atoms with Crippen LogP contribution in [0.15, 0.2) is 21.8 Å². The highest BCUT2D eigenvalue weighted by Crippen LogP contribution is 2.11. The molecule has 0 aromatic carbocycles. The zero-order valence-corrected chi connectivity index (χ0v) is 10.3. The molecule has 0 aliphatic heterocycles. The molecule has 2 nitrogen and oxygen atoms in total. The predicted molar refractivity (Wildman–Crippen MR) is 62.8 cm³/mol. The van der Waals surface area contributed by atoms with Crippen molar-refractivity contribution < 1.29 is 9.53 Å². The molecule has 0 spiro atoms. The van der Waals surface area contributed by atoms with Crippen LogP contribution < -0.4 is 0 Å². The van der Waals surface area contributed by atoms with Gasteiger partial charge in [0.05, 0.1) is 6.61 Å². The van der Waals surface area contributed by atoms with Gasteiger partial charge in [-0.1, -0.05) is 12.7 Å². The van der Waals surface area contributed by atoms with Crippen LogP contribution in [-0.2, 0) is 9.53 Å². The first-order chi connectivity index (χ1) is 6.07. The van der Waals surface area contributed by atoms with E-state index in [1.54, 1.807) is 13.8 Å². The van der Waals surface area contributed by atoms with E-state index >= 15 is 0 Å². The van der Waals surface area contributed by atoms with Gasteiger partial charge in [-0.05, 0) is 52.9 Å². The zero-order chi connectivity index (χ0) is 10.3. The molecule has 0 unspecified atom stereocenters. The highest BCUT2D eigenvalue weighted by atomic mass is 127. The molecule has 0 aromatic heterocycles. The van der Waals surface area contributed by atoms with Crippen molar-refractivity contribution in [3.8, 4) is 0 Å². The van der Waals surface area contributed by atoms with Gasteiger partial charge in [0, 0.05) is 5.57 Å². The summed E-state index contributed by atoms with van der Waals surface area (Å²) in [7, 11) is 0. The molecule has 0 aliphatic rings. The Morgan fingerprint density at radius 1 is 1.62 bits per heavy atom. The molecular weight excluding hydrogens is 279 g/mol. The number of ether oxygens (including phenoxy) is 1. The van der Waals surface area contributed by atoms with Crippen LogP contribution in [0, 0.1) is 0 Å². The van der Waals surface area contributed by atoms with Gasteiger partial charge in [0.2, 0.25) is 0 Å². The van der Waals surface area contributed by atoms with Gasteiger partial charge < -0.3 is 4.74 Å². The number of hydrogen-bond donors (Lipinski definition) is 0. The summed E-state index contributed by atoms with van der Waals surface area (Å²) < 4.78 is 5.93. The van der Waals surface area contributed by atoms with E-state index in [0.717, 1.165) is 16.4 Å². The summed E-state index contributed by atoms with van der Waals surface area (Å²) in [4.78, 5) is 11.1. The second-order valence-electron chi connectivity index (χ2n) is 2.66. The Bertz CT molecular complexity index is 219. The van der Waals surface area contributed by atoms with Gasteiger partial charge in [-0.15, -0.1) is 0 Å². The molecule has 0 saturated carbocycles.